The van der Waals surface area contributed by atoms with E-state index in [1.54, 1.807) is 12.3 Å². The van der Waals surface area contributed by atoms with Crippen LogP contribution in [0, 0.1) is 5.82 Å². The normalized spacial score (nSPS) is 10.3. The van der Waals surface area contributed by atoms with Gasteiger partial charge in [-0.3, -0.25) is 9.78 Å². The number of aromatic nitrogens is 1. The minimum absolute atomic E-state index is 0.175. The molecule has 0 aliphatic carbocycles. The van der Waals surface area contributed by atoms with Crippen LogP contribution in [0.1, 0.15) is 46.2 Å². The van der Waals surface area contributed by atoms with Crippen LogP contribution in [-0.4, -0.2) is 22.0 Å². The van der Waals surface area contributed by atoms with Crippen LogP contribution in [0.5, 0.6) is 0 Å². The minimum Gasteiger partial charge on any atom is -0.478 e. The molecule has 0 fully saturated rings. The van der Waals surface area contributed by atoms with Gasteiger partial charge in [-0.15, -0.1) is 0 Å². The van der Waals surface area contributed by atoms with Crippen molar-refractivity contribution in [2.45, 2.75) is 26.2 Å². The number of pyridine rings is 1. The molecular formula is C17H17FN2O3. The number of hydrogen-bond donors (Lipinski definition) is 2. The Kier molecular flexibility index (Phi) is 5.41. The number of amides is 1. The molecule has 0 aliphatic rings. The van der Waals surface area contributed by atoms with Gasteiger partial charge in [0.05, 0.1) is 5.56 Å². The molecule has 2 aromatic rings. The monoisotopic (exact) mass is 316 g/mol. The zero-order valence-corrected chi connectivity index (χ0v) is 12.7. The lowest BCUT2D eigenvalue weighted by Gasteiger charge is -2.07. The molecule has 2 rings (SSSR count). The van der Waals surface area contributed by atoms with Gasteiger partial charge in [0, 0.05) is 11.9 Å². The summed E-state index contributed by atoms with van der Waals surface area (Å²) in [5.74, 6) is -2.74. The molecule has 1 heterocycles. The number of anilines is 1. The van der Waals surface area contributed by atoms with Crippen LogP contribution in [0.15, 0.2) is 36.5 Å². The van der Waals surface area contributed by atoms with E-state index >= 15 is 0 Å². The number of hydrogen-bond acceptors (Lipinski definition) is 3. The van der Waals surface area contributed by atoms with Crippen molar-refractivity contribution in [1.29, 1.82) is 0 Å². The molecule has 0 saturated heterocycles. The van der Waals surface area contributed by atoms with E-state index in [1.807, 2.05) is 6.07 Å². The SMILES string of the molecule is CCCCc1ccc(C(=O)Nc2ccc(C(=O)O)c(F)c2)nc1. The van der Waals surface area contributed by atoms with Gasteiger partial charge in [-0.05, 0) is 42.7 Å². The summed E-state index contributed by atoms with van der Waals surface area (Å²) in [6.07, 6.45) is 4.70. The van der Waals surface area contributed by atoms with Crippen LogP contribution >= 0.6 is 0 Å². The maximum Gasteiger partial charge on any atom is 0.338 e. The van der Waals surface area contributed by atoms with Crippen molar-refractivity contribution in [2.24, 2.45) is 0 Å². The molecule has 0 unspecified atom stereocenters. The highest BCUT2D eigenvalue weighted by Crippen LogP contribution is 2.15. The first-order chi connectivity index (χ1) is 11.0. The van der Waals surface area contributed by atoms with Crippen molar-refractivity contribution in [3.63, 3.8) is 0 Å². The van der Waals surface area contributed by atoms with E-state index in [9.17, 15) is 14.0 Å². The quantitative estimate of drug-likeness (QED) is 0.854. The van der Waals surface area contributed by atoms with Gasteiger partial charge in [-0.2, -0.15) is 0 Å². The third-order valence-electron chi connectivity index (χ3n) is 3.33. The Morgan fingerprint density at radius 2 is 2.04 bits per heavy atom. The Hall–Kier alpha value is -2.76. The van der Waals surface area contributed by atoms with E-state index in [4.69, 9.17) is 5.11 Å². The fourth-order valence-electron chi connectivity index (χ4n) is 2.05. The van der Waals surface area contributed by atoms with E-state index in [0.717, 1.165) is 37.0 Å². The van der Waals surface area contributed by atoms with Gasteiger partial charge < -0.3 is 10.4 Å². The summed E-state index contributed by atoms with van der Waals surface area (Å²) in [5.41, 5.74) is 1.00. The number of carbonyl (C=O) groups excluding carboxylic acids is 1. The smallest absolute Gasteiger partial charge is 0.338 e. The third kappa shape index (κ3) is 4.35. The van der Waals surface area contributed by atoms with E-state index in [-0.39, 0.29) is 11.4 Å². The van der Waals surface area contributed by atoms with Crippen molar-refractivity contribution in [3.8, 4) is 0 Å². The Bertz CT molecular complexity index is 714. The first kappa shape index (κ1) is 16.6. The Balaban J connectivity index is 2.06. The molecule has 23 heavy (non-hydrogen) atoms. The van der Waals surface area contributed by atoms with E-state index in [2.05, 4.69) is 17.2 Å². The van der Waals surface area contributed by atoms with Gasteiger partial charge in [0.1, 0.15) is 11.5 Å². The summed E-state index contributed by atoms with van der Waals surface area (Å²) in [5, 5.41) is 11.3. The number of rotatable bonds is 6. The minimum atomic E-state index is -1.36. The molecule has 0 radical (unpaired) electrons. The molecule has 0 saturated carbocycles. The number of nitrogens with zero attached hydrogens (tertiary/aromatic N) is 1. The second-order valence-corrected chi connectivity index (χ2v) is 5.11. The summed E-state index contributed by atoms with van der Waals surface area (Å²) in [6, 6.07) is 6.86. The molecule has 1 aromatic heterocycles. The van der Waals surface area contributed by atoms with Crippen LogP contribution in [0.3, 0.4) is 0 Å². The Labute approximate surface area is 133 Å². The first-order valence-electron chi connectivity index (χ1n) is 7.30. The highest BCUT2D eigenvalue weighted by Gasteiger charge is 2.13. The van der Waals surface area contributed by atoms with Crippen molar-refractivity contribution < 1.29 is 19.1 Å². The second kappa shape index (κ2) is 7.49. The van der Waals surface area contributed by atoms with Crippen LogP contribution < -0.4 is 5.32 Å². The molecular weight excluding hydrogens is 299 g/mol. The van der Waals surface area contributed by atoms with Crippen LogP contribution in [0.25, 0.3) is 0 Å². The Morgan fingerprint density at radius 1 is 1.26 bits per heavy atom. The lowest BCUT2D eigenvalue weighted by Crippen LogP contribution is -2.14. The molecule has 0 spiro atoms. The number of aryl methyl sites for hydroxylation is 1. The van der Waals surface area contributed by atoms with E-state index in [1.165, 1.54) is 6.07 Å². The van der Waals surface area contributed by atoms with Gasteiger partial charge in [-0.25, -0.2) is 9.18 Å². The van der Waals surface area contributed by atoms with Gasteiger partial charge in [0.25, 0.3) is 5.91 Å². The number of benzene rings is 1. The number of unbranched alkanes of at least 4 members (excludes halogenated alkanes) is 1. The number of carbonyl (C=O) groups is 2. The lowest BCUT2D eigenvalue weighted by atomic mass is 10.1. The number of halogens is 1. The first-order valence-corrected chi connectivity index (χ1v) is 7.30. The van der Waals surface area contributed by atoms with Crippen molar-refractivity contribution in [1.82, 2.24) is 4.98 Å². The van der Waals surface area contributed by atoms with Crippen LogP contribution in [0.4, 0.5) is 10.1 Å². The number of aromatic carboxylic acids is 1. The number of carboxylic acids is 1. The highest BCUT2D eigenvalue weighted by molar-refractivity contribution is 6.03. The van der Waals surface area contributed by atoms with Crippen LogP contribution in [-0.2, 0) is 6.42 Å². The molecule has 120 valence electrons. The largest absolute Gasteiger partial charge is 0.478 e. The molecule has 6 heteroatoms. The fourth-order valence-corrected chi connectivity index (χ4v) is 2.05. The van der Waals surface area contributed by atoms with Crippen molar-refractivity contribution >= 4 is 17.6 Å². The average molecular weight is 316 g/mol. The summed E-state index contributed by atoms with van der Waals surface area (Å²) in [6.45, 7) is 2.10. The van der Waals surface area contributed by atoms with Gasteiger partial charge in [0.15, 0.2) is 0 Å². The van der Waals surface area contributed by atoms with Gasteiger partial charge >= 0.3 is 5.97 Å². The molecule has 1 amide bonds. The summed E-state index contributed by atoms with van der Waals surface area (Å²) >= 11 is 0. The number of nitrogens with one attached hydrogen (secondary N) is 1. The van der Waals surface area contributed by atoms with E-state index in [0.29, 0.717) is 0 Å². The van der Waals surface area contributed by atoms with Crippen LogP contribution in [0.2, 0.25) is 0 Å². The third-order valence-corrected chi connectivity index (χ3v) is 3.33. The maximum atomic E-state index is 13.6. The topological polar surface area (TPSA) is 79.3 Å². The second-order valence-electron chi connectivity index (χ2n) is 5.11. The molecule has 0 bridgehead atoms. The molecule has 1 aromatic carbocycles. The summed E-state index contributed by atoms with van der Waals surface area (Å²) < 4.78 is 13.6. The molecule has 5 nitrogen and oxygen atoms in total. The highest BCUT2D eigenvalue weighted by atomic mass is 19.1. The fraction of sp³-hybridized carbons (Fsp3) is 0.235. The summed E-state index contributed by atoms with van der Waals surface area (Å²) in [4.78, 5) is 26.9. The molecule has 0 aliphatic heterocycles. The standard InChI is InChI=1S/C17H17FN2O3/c1-2-3-4-11-5-8-15(19-10-11)16(21)20-12-6-7-13(17(22)23)14(18)9-12/h5-10H,2-4H2,1H3,(H,20,21)(H,22,23). The van der Waals surface area contributed by atoms with Gasteiger partial charge in [-0.1, -0.05) is 19.4 Å². The van der Waals surface area contributed by atoms with Crippen molar-refractivity contribution in [3.05, 3.63) is 59.2 Å². The molecule has 0 atom stereocenters. The summed E-state index contributed by atoms with van der Waals surface area (Å²) in [7, 11) is 0. The van der Waals surface area contributed by atoms with Crippen molar-refractivity contribution in [2.75, 3.05) is 5.32 Å². The van der Waals surface area contributed by atoms with E-state index < -0.39 is 23.3 Å². The zero-order chi connectivity index (χ0) is 16.8. The molecule has 2 N–H and O–H groups in total. The maximum absolute atomic E-state index is 13.6. The zero-order valence-electron chi connectivity index (χ0n) is 12.7. The average Bonchev–Trinajstić information content (AvgIpc) is 2.53. The number of carboxylic acid groups (broad SMARTS) is 1. The lowest BCUT2D eigenvalue weighted by molar-refractivity contribution is 0.0692. The van der Waals surface area contributed by atoms with Gasteiger partial charge in [0.2, 0.25) is 0 Å². The predicted octanol–water partition coefficient (Wildman–Crippen LogP) is 3.51. The Morgan fingerprint density at radius 3 is 2.61 bits per heavy atom. The predicted molar refractivity (Wildman–Crippen MR) is 84.2 cm³/mol.